The van der Waals surface area contributed by atoms with Gasteiger partial charge < -0.3 is 13.7 Å². The Balaban J connectivity index is 2.19. The molecule has 2 N–H and O–H groups in total. The van der Waals surface area contributed by atoms with Gasteiger partial charge >= 0.3 is 5.97 Å². The lowest BCUT2D eigenvalue weighted by Crippen LogP contribution is -2.23. The molecule has 0 spiro atoms. The molecule has 0 radical (unpaired) electrons. The lowest BCUT2D eigenvalue weighted by Gasteiger charge is -2.05. The van der Waals surface area contributed by atoms with E-state index in [0.717, 1.165) is 11.3 Å². The highest BCUT2D eigenvalue weighted by Crippen LogP contribution is 2.22. The maximum Gasteiger partial charge on any atom is 0.326 e. The molecule has 0 aliphatic carbocycles. The fraction of sp³-hybridized carbons (Fsp3) is 0.278. The summed E-state index contributed by atoms with van der Waals surface area (Å²) in [7, 11) is -3.90. The number of ether oxygens (including phenoxy) is 1. The molecule has 154 valence electrons. The summed E-state index contributed by atoms with van der Waals surface area (Å²) in [5.41, 5.74) is 0.843. The Morgan fingerprint density at radius 1 is 1.28 bits per heavy atom. The Hall–Kier alpha value is -2.76. The summed E-state index contributed by atoms with van der Waals surface area (Å²) < 4.78 is 35.7. The largest absolute Gasteiger partial charge is 0.466 e. The first-order valence-electron chi connectivity index (χ1n) is 8.58. The van der Waals surface area contributed by atoms with Gasteiger partial charge in [0, 0.05) is 0 Å². The van der Waals surface area contributed by atoms with Gasteiger partial charge in [-0.05, 0) is 45.0 Å². The highest BCUT2D eigenvalue weighted by molar-refractivity contribution is 7.89. The van der Waals surface area contributed by atoms with E-state index < -0.39 is 21.9 Å². The molecule has 3 rings (SSSR count). The number of benzene rings is 1. The molecule has 0 saturated carbocycles. The molecule has 0 fully saturated rings. The highest BCUT2D eigenvalue weighted by atomic mass is 32.2. The van der Waals surface area contributed by atoms with Crippen molar-refractivity contribution < 1.29 is 27.2 Å². The van der Waals surface area contributed by atoms with Gasteiger partial charge in [-0.25, -0.2) is 13.6 Å². The van der Waals surface area contributed by atoms with Gasteiger partial charge in [0.25, 0.3) is 5.91 Å². The van der Waals surface area contributed by atoms with Crippen LogP contribution in [0.5, 0.6) is 0 Å². The van der Waals surface area contributed by atoms with Crippen molar-refractivity contribution >= 4 is 43.5 Å². The molecule has 2 aromatic heterocycles. The number of thiazole rings is 1. The molecule has 0 bridgehead atoms. The maximum atomic E-state index is 12.6. The minimum Gasteiger partial charge on any atom is -0.466 e. The van der Waals surface area contributed by atoms with Crippen LogP contribution in [-0.2, 0) is 26.1 Å². The summed E-state index contributed by atoms with van der Waals surface area (Å²) in [6, 6.07) is 5.82. The van der Waals surface area contributed by atoms with Crippen molar-refractivity contribution in [2.45, 2.75) is 32.2 Å². The van der Waals surface area contributed by atoms with Gasteiger partial charge in [0.2, 0.25) is 10.0 Å². The van der Waals surface area contributed by atoms with Gasteiger partial charge in [-0.2, -0.15) is 4.99 Å². The third-order valence-electron chi connectivity index (χ3n) is 4.04. The predicted molar refractivity (Wildman–Crippen MR) is 106 cm³/mol. The molecule has 0 atom stereocenters. The Morgan fingerprint density at radius 3 is 2.59 bits per heavy atom. The summed E-state index contributed by atoms with van der Waals surface area (Å²) in [5.74, 6) is -0.0254. The number of carbonyl (C=O) groups excluding carboxylic acids is 2. The van der Waals surface area contributed by atoms with E-state index in [2.05, 4.69) is 4.99 Å². The van der Waals surface area contributed by atoms with Gasteiger partial charge in [0.15, 0.2) is 4.80 Å². The van der Waals surface area contributed by atoms with Crippen LogP contribution in [0.4, 0.5) is 0 Å². The van der Waals surface area contributed by atoms with Gasteiger partial charge in [-0.3, -0.25) is 9.59 Å². The van der Waals surface area contributed by atoms with Crippen molar-refractivity contribution in [3.63, 3.8) is 0 Å². The van der Waals surface area contributed by atoms with Crippen molar-refractivity contribution in [3.05, 3.63) is 46.2 Å². The van der Waals surface area contributed by atoms with Crippen LogP contribution >= 0.6 is 11.3 Å². The molecule has 1 amide bonds. The molecule has 2 heterocycles. The molecule has 3 aromatic rings. The number of fused-ring (bicyclic) bond motifs is 1. The van der Waals surface area contributed by atoms with E-state index in [1.165, 1.54) is 22.8 Å². The summed E-state index contributed by atoms with van der Waals surface area (Å²) >= 11 is 1.07. The third kappa shape index (κ3) is 4.47. The molecular weight excluding hydrogens is 418 g/mol. The number of aromatic nitrogens is 1. The quantitative estimate of drug-likeness (QED) is 0.606. The lowest BCUT2D eigenvalue weighted by atomic mass is 10.2. The van der Waals surface area contributed by atoms with Crippen LogP contribution in [-0.4, -0.2) is 31.5 Å². The minimum atomic E-state index is -3.90. The lowest BCUT2D eigenvalue weighted by molar-refractivity contribution is -0.143. The zero-order chi connectivity index (χ0) is 21.3. The van der Waals surface area contributed by atoms with Crippen molar-refractivity contribution in [1.29, 1.82) is 0 Å². The van der Waals surface area contributed by atoms with Gasteiger partial charge in [0.1, 0.15) is 18.1 Å². The summed E-state index contributed by atoms with van der Waals surface area (Å²) in [4.78, 5) is 29.0. The van der Waals surface area contributed by atoms with E-state index in [1.807, 2.05) is 0 Å². The van der Waals surface area contributed by atoms with Crippen LogP contribution in [0.15, 0.2) is 38.6 Å². The van der Waals surface area contributed by atoms with E-state index in [-0.39, 0.29) is 22.8 Å². The van der Waals surface area contributed by atoms with Crippen LogP contribution in [0.3, 0.4) is 0 Å². The summed E-state index contributed by atoms with van der Waals surface area (Å²) in [6.45, 7) is 5.09. The average molecular weight is 437 g/mol. The Labute approximate surface area is 170 Å². The molecule has 29 heavy (non-hydrogen) atoms. The van der Waals surface area contributed by atoms with Crippen LogP contribution < -0.4 is 9.94 Å². The number of carbonyl (C=O) groups is 2. The molecule has 11 heteroatoms. The topological polar surface area (TPSA) is 134 Å². The fourth-order valence-corrected chi connectivity index (χ4v) is 4.48. The number of esters is 1. The fourth-order valence-electron chi connectivity index (χ4n) is 2.79. The van der Waals surface area contributed by atoms with Crippen molar-refractivity contribution in [2.24, 2.45) is 10.1 Å². The summed E-state index contributed by atoms with van der Waals surface area (Å²) in [6.07, 6.45) is 0. The average Bonchev–Trinajstić information content (AvgIpc) is 3.13. The number of primary sulfonamides is 1. The standard InChI is InChI=1S/C18H19N3O6S2/c1-4-26-16(22)9-21-14-6-5-12(29(19,24)25)8-15(14)28-18(21)20-17(23)13-7-10(2)27-11(13)3/h5-8H,4,9H2,1-3H3,(H2,19,24,25). The van der Waals surface area contributed by atoms with E-state index in [9.17, 15) is 18.0 Å². The number of furan rings is 1. The molecule has 0 unspecified atom stereocenters. The molecule has 0 saturated heterocycles. The van der Waals surface area contributed by atoms with Crippen LogP contribution in [0.1, 0.15) is 28.8 Å². The van der Waals surface area contributed by atoms with Crippen LogP contribution in [0.25, 0.3) is 10.2 Å². The normalized spacial score (nSPS) is 12.5. The zero-order valence-corrected chi connectivity index (χ0v) is 17.6. The second-order valence-electron chi connectivity index (χ2n) is 6.19. The molecule has 9 nitrogen and oxygen atoms in total. The first kappa shape index (κ1) is 21.0. The maximum absolute atomic E-state index is 12.6. The van der Waals surface area contributed by atoms with Crippen LogP contribution in [0.2, 0.25) is 0 Å². The van der Waals surface area contributed by atoms with Gasteiger partial charge in [-0.1, -0.05) is 11.3 Å². The number of rotatable bonds is 5. The SMILES string of the molecule is CCOC(=O)Cn1c(=NC(=O)c2cc(C)oc2C)sc2cc(S(N)(=O)=O)ccc21. The monoisotopic (exact) mass is 437 g/mol. The van der Waals surface area contributed by atoms with Crippen LogP contribution in [0, 0.1) is 13.8 Å². The number of nitrogens with zero attached hydrogens (tertiary/aromatic N) is 2. The predicted octanol–water partition coefficient (Wildman–Crippen LogP) is 1.86. The molecule has 1 aromatic carbocycles. The number of amides is 1. The molecule has 0 aliphatic heterocycles. The van der Waals surface area contributed by atoms with E-state index in [0.29, 0.717) is 27.3 Å². The van der Waals surface area contributed by atoms with E-state index in [1.54, 1.807) is 26.8 Å². The summed E-state index contributed by atoms with van der Waals surface area (Å²) in [5, 5.41) is 5.20. The van der Waals surface area contributed by atoms with E-state index >= 15 is 0 Å². The third-order valence-corrected chi connectivity index (χ3v) is 6.00. The number of aryl methyl sites for hydroxylation is 2. The highest BCUT2D eigenvalue weighted by Gasteiger charge is 2.17. The Kier molecular flexibility index (Phi) is 5.73. The number of sulfonamides is 1. The Bertz CT molecular complexity index is 1280. The second kappa shape index (κ2) is 7.93. The smallest absolute Gasteiger partial charge is 0.326 e. The molecule has 0 aliphatic rings. The van der Waals surface area contributed by atoms with Crippen molar-refractivity contribution in [2.75, 3.05) is 6.61 Å². The zero-order valence-electron chi connectivity index (χ0n) is 16.0. The number of nitrogens with two attached hydrogens (primary N) is 1. The van der Waals surface area contributed by atoms with Crippen molar-refractivity contribution in [1.82, 2.24) is 4.57 Å². The minimum absolute atomic E-state index is 0.0753. The molecular formula is C18H19N3O6S2. The number of hydrogen-bond donors (Lipinski definition) is 1. The second-order valence-corrected chi connectivity index (χ2v) is 8.76. The first-order valence-corrected chi connectivity index (χ1v) is 10.9. The van der Waals surface area contributed by atoms with E-state index in [4.69, 9.17) is 14.3 Å². The number of hydrogen-bond acceptors (Lipinski definition) is 7. The Morgan fingerprint density at radius 2 is 2.00 bits per heavy atom. The van der Waals surface area contributed by atoms with Gasteiger partial charge in [-0.15, -0.1) is 0 Å². The van der Waals surface area contributed by atoms with Gasteiger partial charge in [0.05, 0.1) is 27.3 Å². The first-order chi connectivity index (χ1) is 13.6. The van der Waals surface area contributed by atoms with Crippen molar-refractivity contribution in [3.8, 4) is 0 Å².